The molecule has 0 bridgehead atoms. The monoisotopic (exact) mass is 216 g/mol. The van der Waals surface area contributed by atoms with Crippen molar-refractivity contribution in [3.8, 4) is 6.07 Å². The van der Waals surface area contributed by atoms with E-state index in [9.17, 15) is 9.59 Å². The summed E-state index contributed by atoms with van der Waals surface area (Å²) in [5.74, 6) is -1.72. The van der Waals surface area contributed by atoms with Crippen LogP contribution in [0.3, 0.4) is 0 Å². The first-order chi connectivity index (χ1) is 7.61. The molecule has 0 aliphatic heterocycles. The highest BCUT2D eigenvalue weighted by atomic mass is 16.4. The van der Waals surface area contributed by atoms with E-state index in [1.165, 1.54) is 0 Å². The van der Waals surface area contributed by atoms with Gasteiger partial charge in [-0.3, -0.25) is 4.79 Å². The third kappa shape index (κ3) is 3.64. The van der Waals surface area contributed by atoms with Gasteiger partial charge in [-0.1, -0.05) is 0 Å². The van der Waals surface area contributed by atoms with Gasteiger partial charge in [0, 0.05) is 17.8 Å². The Morgan fingerprint density at radius 1 is 1.25 bits per heavy atom. The normalized spacial score (nSPS) is 9.69. The fourth-order valence-electron chi connectivity index (χ4n) is 0.959. The second kappa shape index (κ2) is 5.32. The predicted octanol–water partition coefficient (Wildman–Crippen LogP) is 1.14. The first-order valence-corrected chi connectivity index (χ1v) is 4.34. The average Bonchev–Trinajstić information content (AvgIpc) is 2.27. The third-order valence-corrected chi connectivity index (χ3v) is 1.66. The van der Waals surface area contributed by atoms with Crippen molar-refractivity contribution in [1.82, 2.24) is 0 Å². The van der Waals surface area contributed by atoms with E-state index < -0.39 is 11.9 Å². The Hall–Kier alpha value is -2.61. The molecule has 1 rings (SSSR count). The van der Waals surface area contributed by atoms with Gasteiger partial charge in [0.1, 0.15) is 0 Å². The maximum atomic E-state index is 11.1. The van der Waals surface area contributed by atoms with Gasteiger partial charge >= 0.3 is 5.97 Å². The van der Waals surface area contributed by atoms with Crippen molar-refractivity contribution in [2.75, 3.05) is 5.32 Å². The van der Waals surface area contributed by atoms with Gasteiger partial charge in [0.05, 0.1) is 11.6 Å². The summed E-state index contributed by atoms with van der Waals surface area (Å²) in [4.78, 5) is 21.3. The summed E-state index contributed by atoms with van der Waals surface area (Å²) in [6.45, 7) is 0. The molecule has 80 valence electrons. The lowest BCUT2D eigenvalue weighted by Crippen LogP contribution is -2.08. The fourth-order valence-corrected chi connectivity index (χ4v) is 0.959. The maximum absolute atomic E-state index is 11.1. The smallest absolute Gasteiger partial charge is 0.328 e. The number of benzene rings is 1. The Labute approximate surface area is 91.6 Å². The zero-order valence-electron chi connectivity index (χ0n) is 8.18. The van der Waals surface area contributed by atoms with Gasteiger partial charge in [-0.25, -0.2) is 4.79 Å². The zero-order valence-corrected chi connectivity index (χ0v) is 8.18. The van der Waals surface area contributed by atoms with Crippen LogP contribution in [0, 0.1) is 11.3 Å². The van der Waals surface area contributed by atoms with Gasteiger partial charge in [0.25, 0.3) is 0 Å². The van der Waals surface area contributed by atoms with E-state index in [4.69, 9.17) is 10.4 Å². The number of nitrogens with one attached hydrogen (secondary N) is 1. The molecule has 0 atom stereocenters. The molecule has 0 spiro atoms. The average molecular weight is 216 g/mol. The highest BCUT2D eigenvalue weighted by molar-refractivity contribution is 6.02. The zero-order chi connectivity index (χ0) is 12.0. The summed E-state index contributed by atoms with van der Waals surface area (Å²) in [6, 6.07) is 8.17. The molecule has 2 N–H and O–H groups in total. The number of carbonyl (C=O) groups excluding carboxylic acids is 1. The number of hydrogen-bond acceptors (Lipinski definition) is 3. The van der Waals surface area contributed by atoms with Crippen LogP contribution < -0.4 is 5.32 Å². The van der Waals surface area contributed by atoms with Crippen LogP contribution in [0.4, 0.5) is 5.69 Å². The number of amides is 1. The first kappa shape index (κ1) is 11.5. The highest BCUT2D eigenvalue weighted by Crippen LogP contribution is 2.08. The number of aliphatic carboxylic acids is 1. The predicted molar refractivity (Wildman–Crippen MR) is 56.6 cm³/mol. The summed E-state index contributed by atoms with van der Waals surface area (Å²) in [5.41, 5.74) is 0.984. The van der Waals surface area contributed by atoms with Crippen LogP contribution in [0.2, 0.25) is 0 Å². The molecule has 0 unspecified atom stereocenters. The molecule has 1 aromatic carbocycles. The van der Waals surface area contributed by atoms with Gasteiger partial charge in [0.2, 0.25) is 5.91 Å². The SMILES string of the molecule is N#Cc1ccc(NC(=O)C=CC(=O)O)cc1. The Kier molecular flexibility index (Phi) is 3.81. The number of nitrogens with zero attached hydrogens (tertiary/aromatic N) is 1. The van der Waals surface area contributed by atoms with Crippen LogP contribution >= 0.6 is 0 Å². The van der Waals surface area contributed by atoms with Gasteiger partial charge < -0.3 is 10.4 Å². The van der Waals surface area contributed by atoms with E-state index in [0.29, 0.717) is 11.3 Å². The molecule has 0 aromatic heterocycles. The molecule has 0 heterocycles. The molecule has 1 aromatic rings. The second-order valence-corrected chi connectivity index (χ2v) is 2.85. The summed E-state index contributed by atoms with van der Waals surface area (Å²) >= 11 is 0. The number of carboxylic acid groups (broad SMARTS) is 1. The Morgan fingerprint density at radius 2 is 1.88 bits per heavy atom. The van der Waals surface area contributed by atoms with Gasteiger partial charge in [-0.05, 0) is 24.3 Å². The van der Waals surface area contributed by atoms with E-state index in [0.717, 1.165) is 12.2 Å². The van der Waals surface area contributed by atoms with E-state index in [1.54, 1.807) is 24.3 Å². The molecule has 5 heteroatoms. The number of rotatable bonds is 3. The summed E-state index contributed by atoms with van der Waals surface area (Å²) in [5, 5.41) is 19.3. The van der Waals surface area contributed by atoms with Gasteiger partial charge in [-0.2, -0.15) is 5.26 Å². The standard InChI is InChI=1S/C11H8N2O3/c12-7-8-1-3-9(4-2-8)13-10(14)5-6-11(15)16/h1-6H,(H,13,14)(H,15,16). The summed E-state index contributed by atoms with van der Waals surface area (Å²) < 4.78 is 0. The molecule has 0 fully saturated rings. The van der Waals surface area contributed by atoms with Crippen LogP contribution in [-0.4, -0.2) is 17.0 Å². The van der Waals surface area contributed by atoms with Gasteiger partial charge in [0.15, 0.2) is 0 Å². The van der Waals surface area contributed by atoms with E-state index in [-0.39, 0.29) is 0 Å². The lowest BCUT2D eigenvalue weighted by Gasteiger charge is -2.00. The molecular weight excluding hydrogens is 208 g/mol. The van der Waals surface area contributed by atoms with Crippen molar-refractivity contribution in [3.05, 3.63) is 42.0 Å². The molecule has 0 aliphatic carbocycles. The van der Waals surface area contributed by atoms with Gasteiger partial charge in [-0.15, -0.1) is 0 Å². The third-order valence-electron chi connectivity index (χ3n) is 1.66. The molecule has 0 radical (unpaired) electrons. The minimum absolute atomic E-state index is 0.485. The Morgan fingerprint density at radius 3 is 2.38 bits per heavy atom. The molecule has 1 amide bonds. The first-order valence-electron chi connectivity index (χ1n) is 4.34. The quantitative estimate of drug-likeness (QED) is 0.741. The molecule has 0 saturated heterocycles. The number of carboxylic acids is 1. The van der Waals surface area contributed by atoms with Crippen molar-refractivity contribution in [1.29, 1.82) is 5.26 Å². The number of hydrogen-bond donors (Lipinski definition) is 2. The van der Waals surface area contributed by atoms with Crippen molar-refractivity contribution < 1.29 is 14.7 Å². The lowest BCUT2D eigenvalue weighted by molar-refractivity contribution is -0.131. The minimum Gasteiger partial charge on any atom is -0.478 e. The summed E-state index contributed by atoms with van der Waals surface area (Å²) in [6.07, 6.45) is 1.67. The molecule has 5 nitrogen and oxygen atoms in total. The molecular formula is C11H8N2O3. The van der Waals surface area contributed by atoms with Crippen molar-refractivity contribution in [2.45, 2.75) is 0 Å². The Balaban J connectivity index is 2.64. The topological polar surface area (TPSA) is 90.2 Å². The largest absolute Gasteiger partial charge is 0.478 e. The second-order valence-electron chi connectivity index (χ2n) is 2.85. The Bertz CT molecular complexity index is 469. The van der Waals surface area contributed by atoms with Crippen molar-refractivity contribution in [2.24, 2.45) is 0 Å². The van der Waals surface area contributed by atoms with E-state index in [1.807, 2.05) is 6.07 Å². The van der Waals surface area contributed by atoms with Crippen LogP contribution in [0.5, 0.6) is 0 Å². The van der Waals surface area contributed by atoms with E-state index in [2.05, 4.69) is 5.32 Å². The fraction of sp³-hybridized carbons (Fsp3) is 0. The van der Waals surface area contributed by atoms with Crippen LogP contribution in [0.15, 0.2) is 36.4 Å². The maximum Gasteiger partial charge on any atom is 0.328 e. The van der Waals surface area contributed by atoms with E-state index >= 15 is 0 Å². The lowest BCUT2D eigenvalue weighted by atomic mass is 10.2. The van der Waals surface area contributed by atoms with Crippen molar-refractivity contribution >= 4 is 17.6 Å². The van der Waals surface area contributed by atoms with Crippen LogP contribution in [-0.2, 0) is 9.59 Å². The number of anilines is 1. The number of nitriles is 1. The summed E-state index contributed by atoms with van der Waals surface area (Å²) in [7, 11) is 0. The molecule has 0 aliphatic rings. The van der Waals surface area contributed by atoms with Crippen LogP contribution in [0.25, 0.3) is 0 Å². The molecule has 16 heavy (non-hydrogen) atoms. The number of carbonyl (C=O) groups is 2. The highest BCUT2D eigenvalue weighted by Gasteiger charge is 1.98. The van der Waals surface area contributed by atoms with Crippen LogP contribution in [0.1, 0.15) is 5.56 Å². The minimum atomic E-state index is -1.19. The molecule has 0 saturated carbocycles. The van der Waals surface area contributed by atoms with Crippen molar-refractivity contribution in [3.63, 3.8) is 0 Å².